The van der Waals surface area contributed by atoms with Crippen molar-refractivity contribution in [1.29, 1.82) is 0 Å². The summed E-state index contributed by atoms with van der Waals surface area (Å²) in [7, 11) is 0. The Balaban J connectivity index is 1.97. The molecular weight excluding hydrogens is 325 g/mol. The number of aromatic nitrogens is 1. The highest BCUT2D eigenvalue weighted by atomic mass is 32.1. The third-order valence-electron chi connectivity index (χ3n) is 3.43. The lowest BCUT2D eigenvalue weighted by Crippen LogP contribution is -2.12. The number of rotatable bonds is 3. The van der Waals surface area contributed by atoms with Crippen LogP contribution in [0.3, 0.4) is 0 Å². The molecule has 0 aliphatic heterocycles. The van der Waals surface area contributed by atoms with E-state index >= 15 is 0 Å². The molecule has 0 fully saturated rings. The average molecular weight is 336 g/mol. The van der Waals surface area contributed by atoms with Gasteiger partial charge in [0, 0.05) is 18.0 Å². The van der Waals surface area contributed by atoms with Crippen LogP contribution in [0.15, 0.2) is 42.6 Å². The largest absolute Gasteiger partial charge is 0.416 e. The van der Waals surface area contributed by atoms with E-state index in [-0.39, 0.29) is 22.5 Å². The standard InChI is InChI=1S/C16H11F3N2OS/c17-16(18,19)11-6-2-1-4-9(11)8-12(22)14-13(20)10-5-3-7-21-15(10)23-14/h1-7H,8,20H2. The van der Waals surface area contributed by atoms with Gasteiger partial charge in [0.15, 0.2) is 5.78 Å². The van der Waals surface area contributed by atoms with Crippen molar-refractivity contribution in [3.05, 3.63) is 58.6 Å². The number of nitrogens with two attached hydrogens (primary N) is 1. The molecule has 23 heavy (non-hydrogen) atoms. The topological polar surface area (TPSA) is 56.0 Å². The maximum absolute atomic E-state index is 13.0. The van der Waals surface area contributed by atoms with Gasteiger partial charge >= 0.3 is 6.18 Å². The molecule has 0 saturated heterocycles. The van der Waals surface area contributed by atoms with Crippen molar-refractivity contribution in [2.75, 3.05) is 5.73 Å². The SMILES string of the molecule is Nc1c(C(=O)Cc2ccccc2C(F)(F)F)sc2ncccc12. The number of hydrogen-bond acceptors (Lipinski definition) is 4. The van der Waals surface area contributed by atoms with Crippen LogP contribution in [0.5, 0.6) is 0 Å². The number of halogens is 3. The minimum Gasteiger partial charge on any atom is -0.397 e. The van der Waals surface area contributed by atoms with E-state index in [1.807, 2.05) is 0 Å². The van der Waals surface area contributed by atoms with Crippen LogP contribution in [0.2, 0.25) is 0 Å². The Morgan fingerprint density at radius 1 is 1.17 bits per heavy atom. The molecule has 0 unspecified atom stereocenters. The number of carbonyl (C=O) groups is 1. The first-order valence-corrected chi connectivity index (χ1v) is 7.51. The monoisotopic (exact) mass is 336 g/mol. The van der Waals surface area contributed by atoms with Gasteiger partial charge in [-0.3, -0.25) is 4.79 Å². The number of thiophene rings is 1. The van der Waals surface area contributed by atoms with Crippen molar-refractivity contribution in [2.45, 2.75) is 12.6 Å². The summed E-state index contributed by atoms with van der Waals surface area (Å²) in [5.74, 6) is -0.442. The maximum atomic E-state index is 13.0. The third kappa shape index (κ3) is 2.92. The number of nitrogens with zero attached hydrogens (tertiary/aromatic N) is 1. The summed E-state index contributed by atoms with van der Waals surface area (Å²) in [6, 6.07) is 8.48. The van der Waals surface area contributed by atoms with Crippen molar-refractivity contribution >= 4 is 33.0 Å². The molecule has 2 aromatic heterocycles. The van der Waals surface area contributed by atoms with Gasteiger partial charge in [0.25, 0.3) is 0 Å². The normalized spacial score (nSPS) is 11.8. The van der Waals surface area contributed by atoms with E-state index in [2.05, 4.69) is 4.98 Å². The van der Waals surface area contributed by atoms with Gasteiger partial charge in [-0.15, -0.1) is 11.3 Å². The highest BCUT2D eigenvalue weighted by molar-refractivity contribution is 7.21. The molecule has 0 spiro atoms. The molecular formula is C16H11F3N2OS. The summed E-state index contributed by atoms with van der Waals surface area (Å²) in [5.41, 5.74) is 5.36. The van der Waals surface area contributed by atoms with E-state index < -0.39 is 17.5 Å². The molecule has 2 heterocycles. The Morgan fingerprint density at radius 3 is 2.61 bits per heavy atom. The fourth-order valence-corrected chi connectivity index (χ4v) is 3.36. The second-order valence-electron chi connectivity index (χ2n) is 4.96. The molecule has 3 aromatic rings. The quantitative estimate of drug-likeness (QED) is 0.725. The summed E-state index contributed by atoms with van der Waals surface area (Å²) < 4.78 is 39.0. The van der Waals surface area contributed by atoms with Crippen molar-refractivity contribution in [3.8, 4) is 0 Å². The summed E-state index contributed by atoms with van der Waals surface area (Å²) in [6.45, 7) is 0. The molecule has 0 saturated carbocycles. The maximum Gasteiger partial charge on any atom is 0.416 e. The predicted octanol–water partition coefficient (Wildman–Crippen LogP) is 4.32. The predicted molar refractivity (Wildman–Crippen MR) is 83.5 cm³/mol. The van der Waals surface area contributed by atoms with E-state index in [1.54, 1.807) is 18.3 Å². The molecule has 3 rings (SSSR count). The number of hydrogen-bond donors (Lipinski definition) is 1. The van der Waals surface area contributed by atoms with Gasteiger partial charge in [0.05, 0.1) is 16.1 Å². The molecule has 1 aromatic carbocycles. The fraction of sp³-hybridized carbons (Fsp3) is 0.125. The molecule has 7 heteroatoms. The Hall–Kier alpha value is -2.41. The Morgan fingerprint density at radius 2 is 1.91 bits per heavy atom. The average Bonchev–Trinajstić information content (AvgIpc) is 2.84. The van der Waals surface area contributed by atoms with Crippen molar-refractivity contribution in [1.82, 2.24) is 4.98 Å². The first-order valence-electron chi connectivity index (χ1n) is 6.69. The molecule has 118 valence electrons. The highest BCUT2D eigenvalue weighted by Crippen LogP contribution is 2.35. The molecule has 0 atom stereocenters. The highest BCUT2D eigenvalue weighted by Gasteiger charge is 2.33. The summed E-state index contributed by atoms with van der Waals surface area (Å²) >= 11 is 1.10. The second-order valence-corrected chi connectivity index (χ2v) is 5.95. The van der Waals surface area contributed by atoms with E-state index in [9.17, 15) is 18.0 Å². The zero-order valence-corrected chi connectivity index (χ0v) is 12.5. The van der Waals surface area contributed by atoms with Gasteiger partial charge in [0.1, 0.15) is 4.83 Å². The number of benzene rings is 1. The lowest BCUT2D eigenvalue weighted by atomic mass is 10.0. The smallest absolute Gasteiger partial charge is 0.397 e. The third-order valence-corrected chi connectivity index (χ3v) is 4.60. The number of Topliss-reactive ketones (excluding diaryl/α,β-unsaturated/α-hetero) is 1. The summed E-state index contributed by atoms with van der Waals surface area (Å²) in [6.07, 6.45) is -3.28. The number of nitrogen functional groups attached to an aromatic ring is 1. The molecule has 0 amide bonds. The van der Waals surface area contributed by atoms with Gasteiger partial charge < -0.3 is 5.73 Å². The lowest BCUT2D eigenvalue weighted by molar-refractivity contribution is -0.138. The first-order chi connectivity index (χ1) is 10.9. The number of pyridine rings is 1. The zero-order chi connectivity index (χ0) is 16.6. The van der Waals surface area contributed by atoms with Crippen LogP contribution in [0.25, 0.3) is 10.2 Å². The molecule has 3 nitrogen and oxygen atoms in total. The zero-order valence-electron chi connectivity index (χ0n) is 11.7. The molecule has 0 aliphatic rings. The van der Waals surface area contributed by atoms with Gasteiger partial charge in [-0.2, -0.15) is 13.2 Å². The summed E-state index contributed by atoms with van der Waals surface area (Å²) in [4.78, 5) is 17.4. The number of anilines is 1. The minimum atomic E-state index is -4.50. The molecule has 0 radical (unpaired) electrons. The van der Waals surface area contributed by atoms with Gasteiger partial charge in [-0.05, 0) is 23.8 Å². The first kappa shape index (κ1) is 15.5. The van der Waals surface area contributed by atoms with E-state index in [4.69, 9.17) is 5.73 Å². The van der Waals surface area contributed by atoms with Crippen LogP contribution in [0.1, 0.15) is 20.8 Å². The Kier molecular flexibility index (Phi) is 3.81. The number of alkyl halides is 3. The second kappa shape index (κ2) is 5.66. The van der Waals surface area contributed by atoms with E-state index in [0.717, 1.165) is 17.4 Å². The Bertz CT molecular complexity index is 886. The fourth-order valence-electron chi connectivity index (χ4n) is 2.36. The van der Waals surface area contributed by atoms with E-state index in [1.165, 1.54) is 18.2 Å². The van der Waals surface area contributed by atoms with Crippen LogP contribution in [0.4, 0.5) is 18.9 Å². The van der Waals surface area contributed by atoms with Gasteiger partial charge in [-0.1, -0.05) is 18.2 Å². The number of carbonyl (C=O) groups excluding carboxylic acids is 1. The van der Waals surface area contributed by atoms with Crippen LogP contribution >= 0.6 is 11.3 Å². The van der Waals surface area contributed by atoms with Crippen LogP contribution in [0, 0.1) is 0 Å². The number of fused-ring (bicyclic) bond motifs is 1. The van der Waals surface area contributed by atoms with Crippen LogP contribution < -0.4 is 5.73 Å². The lowest BCUT2D eigenvalue weighted by Gasteiger charge is -2.11. The Labute approximate surface area is 133 Å². The molecule has 2 N–H and O–H groups in total. The van der Waals surface area contributed by atoms with Crippen molar-refractivity contribution in [2.24, 2.45) is 0 Å². The van der Waals surface area contributed by atoms with E-state index in [0.29, 0.717) is 10.2 Å². The van der Waals surface area contributed by atoms with Gasteiger partial charge in [-0.25, -0.2) is 4.98 Å². The molecule has 0 aliphatic carbocycles. The van der Waals surface area contributed by atoms with Crippen LogP contribution in [-0.4, -0.2) is 10.8 Å². The van der Waals surface area contributed by atoms with Gasteiger partial charge in [0.2, 0.25) is 0 Å². The minimum absolute atomic E-state index is 0.0604. The van der Waals surface area contributed by atoms with Crippen LogP contribution in [-0.2, 0) is 12.6 Å². The summed E-state index contributed by atoms with van der Waals surface area (Å²) in [5, 5.41) is 0.643. The van der Waals surface area contributed by atoms with Crippen molar-refractivity contribution in [3.63, 3.8) is 0 Å². The number of ketones is 1. The molecule has 0 bridgehead atoms. The van der Waals surface area contributed by atoms with Crippen molar-refractivity contribution < 1.29 is 18.0 Å².